The second kappa shape index (κ2) is 5.55. The maximum Gasteiger partial charge on any atom is 0.271 e. The van der Waals surface area contributed by atoms with Crippen LogP contribution in [0.4, 0.5) is 0 Å². The second-order valence-electron chi connectivity index (χ2n) is 5.30. The number of methoxy groups -OCH3 is 1. The normalized spacial score (nSPS) is 15.5. The van der Waals surface area contributed by atoms with Crippen LogP contribution in [0.2, 0.25) is 0 Å². The molecule has 1 aromatic carbocycles. The molecule has 3 rings (SSSR count). The summed E-state index contributed by atoms with van der Waals surface area (Å²) < 4.78 is 6.65. The number of ether oxygens (including phenoxy) is 1. The highest BCUT2D eigenvalue weighted by atomic mass is 16.5. The lowest BCUT2D eigenvalue weighted by Gasteiger charge is -2.19. The smallest absolute Gasteiger partial charge is 0.271 e. The highest BCUT2D eigenvalue weighted by molar-refractivity contribution is 5.92. The number of hydrogen-bond acceptors (Lipinski definition) is 4. The third-order valence-electron chi connectivity index (χ3n) is 3.80. The van der Waals surface area contributed by atoms with Crippen molar-refractivity contribution in [1.82, 2.24) is 20.3 Å². The number of benzene rings is 1. The Labute approximate surface area is 123 Å². The van der Waals surface area contributed by atoms with Gasteiger partial charge in [-0.1, -0.05) is 17.3 Å². The lowest BCUT2D eigenvalue weighted by atomic mass is 10.0. The van der Waals surface area contributed by atoms with E-state index in [-0.39, 0.29) is 11.9 Å². The molecule has 1 fully saturated rings. The van der Waals surface area contributed by atoms with E-state index in [0.29, 0.717) is 11.6 Å². The molecule has 21 heavy (non-hydrogen) atoms. The van der Waals surface area contributed by atoms with E-state index >= 15 is 0 Å². The van der Waals surface area contributed by atoms with E-state index in [1.807, 2.05) is 24.3 Å². The van der Waals surface area contributed by atoms with Crippen LogP contribution in [0.3, 0.4) is 0 Å². The first-order valence-corrected chi connectivity index (χ1v) is 6.98. The van der Waals surface area contributed by atoms with Crippen molar-refractivity contribution >= 4 is 5.91 Å². The van der Waals surface area contributed by atoms with E-state index in [0.717, 1.165) is 24.2 Å². The summed E-state index contributed by atoms with van der Waals surface area (Å²) in [5.41, 5.74) is 1.57. The van der Waals surface area contributed by atoms with Crippen LogP contribution < -0.4 is 10.1 Å². The Kier molecular flexibility index (Phi) is 3.60. The summed E-state index contributed by atoms with van der Waals surface area (Å²) in [5, 5.41) is 10.6. The molecule has 1 heterocycles. The molecule has 2 aromatic rings. The lowest BCUT2D eigenvalue weighted by molar-refractivity contribution is 0.0922. The molecule has 0 bridgehead atoms. The van der Waals surface area contributed by atoms with E-state index in [2.05, 4.69) is 15.6 Å². The molecule has 6 heteroatoms. The van der Waals surface area contributed by atoms with Crippen LogP contribution in [0, 0.1) is 5.92 Å². The van der Waals surface area contributed by atoms with Crippen LogP contribution in [0.15, 0.2) is 30.5 Å². The zero-order valence-electron chi connectivity index (χ0n) is 12.1. The summed E-state index contributed by atoms with van der Waals surface area (Å²) in [4.78, 5) is 12.3. The summed E-state index contributed by atoms with van der Waals surface area (Å²) in [5.74, 6) is 1.18. The Morgan fingerprint density at radius 2 is 2.10 bits per heavy atom. The number of carbonyl (C=O) groups excluding carboxylic acids is 1. The van der Waals surface area contributed by atoms with E-state index in [1.54, 1.807) is 14.2 Å². The van der Waals surface area contributed by atoms with Gasteiger partial charge in [0, 0.05) is 7.05 Å². The van der Waals surface area contributed by atoms with Gasteiger partial charge in [-0.2, -0.15) is 0 Å². The molecule has 0 saturated heterocycles. The molecular weight excluding hydrogens is 268 g/mol. The summed E-state index contributed by atoms with van der Waals surface area (Å²) in [6.45, 7) is 0. The molecule has 1 amide bonds. The van der Waals surface area contributed by atoms with Gasteiger partial charge in [-0.3, -0.25) is 4.79 Å². The summed E-state index contributed by atoms with van der Waals surface area (Å²) in [6.07, 6.45) is 3.76. The van der Waals surface area contributed by atoms with Gasteiger partial charge < -0.3 is 10.1 Å². The Bertz CT molecular complexity index is 631. The van der Waals surface area contributed by atoms with Crippen LogP contribution in [-0.2, 0) is 7.05 Å². The minimum absolute atomic E-state index is 0.0262. The number of carbonyl (C=O) groups is 1. The van der Waals surface area contributed by atoms with Crippen LogP contribution in [0.1, 0.15) is 34.9 Å². The zero-order valence-corrected chi connectivity index (χ0v) is 12.1. The largest absolute Gasteiger partial charge is 0.497 e. The number of aryl methyl sites for hydroxylation is 1. The Morgan fingerprint density at radius 1 is 1.38 bits per heavy atom. The molecule has 0 spiro atoms. The molecule has 1 aromatic heterocycles. The van der Waals surface area contributed by atoms with Gasteiger partial charge in [0.15, 0.2) is 0 Å². The van der Waals surface area contributed by atoms with Crippen LogP contribution >= 0.6 is 0 Å². The van der Waals surface area contributed by atoms with Crippen LogP contribution in [0.5, 0.6) is 5.75 Å². The molecule has 1 N–H and O–H groups in total. The van der Waals surface area contributed by atoms with Gasteiger partial charge in [0.2, 0.25) is 0 Å². The van der Waals surface area contributed by atoms with Crippen LogP contribution in [0.25, 0.3) is 0 Å². The SMILES string of the molecule is COc1ccc(C(NC(=O)c2cnnn2C)C2CC2)cc1. The highest BCUT2D eigenvalue weighted by Gasteiger charge is 2.34. The van der Waals surface area contributed by atoms with Crippen molar-refractivity contribution < 1.29 is 9.53 Å². The lowest BCUT2D eigenvalue weighted by Crippen LogP contribution is -2.31. The van der Waals surface area contributed by atoms with Crippen molar-refractivity contribution in [3.8, 4) is 5.75 Å². The van der Waals surface area contributed by atoms with Gasteiger partial charge in [0.1, 0.15) is 11.4 Å². The number of amides is 1. The average Bonchev–Trinajstić information content (AvgIpc) is 3.26. The maximum absolute atomic E-state index is 12.3. The molecule has 1 saturated carbocycles. The monoisotopic (exact) mass is 286 g/mol. The number of nitrogens with zero attached hydrogens (tertiary/aromatic N) is 3. The first-order valence-electron chi connectivity index (χ1n) is 6.98. The molecule has 1 unspecified atom stereocenters. The Morgan fingerprint density at radius 3 is 2.62 bits per heavy atom. The standard InChI is InChI=1S/C15H18N4O2/c1-19-13(9-16-18-19)15(20)17-14(10-3-4-10)11-5-7-12(21-2)8-6-11/h5-10,14H,3-4H2,1-2H3,(H,17,20). The Balaban J connectivity index is 1.78. The number of nitrogens with one attached hydrogen (secondary N) is 1. The van der Waals surface area contributed by atoms with Crippen molar-refractivity contribution in [2.45, 2.75) is 18.9 Å². The zero-order chi connectivity index (χ0) is 14.8. The molecule has 0 aliphatic heterocycles. The molecular formula is C15H18N4O2. The molecule has 1 aliphatic carbocycles. The summed E-state index contributed by atoms with van der Waals surface area (Å²) in [7, 11) is 3.35. The van der Waals surface area contributed by atoms with Gasteiger partial charge in [0.05, 0.1) is 19.3 Å². The van der Waals surface area contributed by atoms with E-state index < -0.39 is 0 Å². The topological polar surface area (TPSA) is 69.0 Å². The first-order chi connectivity index (χ1) is 10.2. The minimum atomic E-state index is -0.143. The predicted molar refractivity (Wildman–Crippen MR) is 76.9 cm³/mol. The molecule has 110 valence electrons. The Hall–Kier alpha value is -2.37. The predicted octanol–water partition coefficient (Wildman–Crippen LogP) is 1.70. The van der Waals surface area contributed by atoms with E-state index in [1.165, 1.54) is 10.9 Å². The molecule has 1 atom stereocenters. The third-order valence-corrected chi connectivity index (χ3v) is 3.80. The highest BCUT2D eigenvalue weighted by Crippen LogP contribution is 2.41. The first kappa shape index (κ1) is 13.6. The van der Waals surface area contributed by atoms with Crippen molar-refractivity contribution in [3.63, 3.8) is 0 Å². The van der Waals surface area contributed by atoms with Gasteiger partial charge >= 0.3 is 0 Å². The average molecular weight is 286 g/mol. The summed E-state index contributed by atoms with van der Waals surface area (Å²) in [6, 6.07) is 7.87. The fourth-order valence-corrected chi connectivity index (χ4v) is 2.42. The number of hydrogen-bond donors (Lipinski definition) is 1. The van der Waals surface area contributed by atoms with Crippen molar-refractivity contribution in [3.05, 3.63) is 41.7 Å². The third kappa shape index (κ3) is 2.89. The minimum Gasteiger partial charge on any atom is -0.497 e. The summed E-state index contributed by atoms with van der Waals surface area (Å²) >= 11 is 0. The quantitative estimate of drug-likeness (QED) is 0.908. The van der Waals surface area contributed by atoms with Crippen molar-refractivity contribution in [2.75, 3.05) is 7.11 Å². The molecule has 0 radical (unpaired) electrons. The molecule has 6 nitrogen and oxygen atoms in total. The molecule has 1 aliphatic rings. The van der Waals surface area contributed by atoms with Crippen LogP contribution in [-0.4, -0.2) is 28.0 Å². The fourth-order valence-electron chi connectivity index (χ4n) is 2.42. The number of aromatic nitrogens is 3. The second-order valence-corrected chi connectivity index (χ2v) is 5.30. The van der Waals surface area contributed by atoms with Crippen molar-refractivity contribution in [1.29, 1.82) is 0 Å². The van der Waals surface area contributed by atoms with Gasteiger partial charge in [-0.25, -0.2) is 4.68 Å². The fraction of sp³-hybridized carbons (Fsp3) is 0.400. The van der Waals surface area contributed by atoms with E-state index in [4.69, 9.17) is 4.74 Å². The van der Waals surface area contributed by atoms with Crippen molar-refractivity contribution in [2.24, 2.45) is 13.0 Å². The van der Waals surface area contributed by atoms with Gasteiger partial charge in [0.25, 0.3) is 5.91 Å². The maximum atomic E-state index is 12.3. The van der Waals surface area contributed by atoms with E-state index in [9.17, 15) is 4.79 Å². The number of rotatable bonds is 5. The van der Waals surface area contributed by atoms with Gasteiger partial charge in [-0.05, 0) is 36.5 Å². The van der Waals surface area contributed by atoms with Gasteiger partial charge in [-0.15, -0.1) is 5.10 Å².